The maximum Gasteiger partial charge on any atom is 0.290 e. The monoisotopic (exact) mass is 446 g/mol. The summed E-state index contributed by atoms with van der Waals surface area (Å²) < 4.78 is 1.83. The first-order valence-corrected chi connectivity index (χ1v) is 10.5. The summed E-state index contributed by atoms with van der Waals surface area (Å²) in [6, 6.07) is 12.4. The molecule has 1 heterocycles. The molecule has 1 amide bonds. The topological polar surface area (TPSA) is 59.0 Å². The second-order valence-electron chi connectivity index (χ2n) is 7.45. The van der Waals surface area contributed by atoms with Crippen LogP contribution in [0.4, 0.5) is 5.69 Å². The molecule has 8 heteroatoms. The average Bonchev–Trinajstić information content (AvgIpc) is 3.40. The number of rotatable bonds is 4. The molecule has 0 aliphatic heterocycles. The molecule has 5 rings (SSSR count). The van der Waals surface area contributed by atoms with Gasteiger partial charge in [0.05, 0.1) is 22.1 Å². The number of amides is 1. The Labute approximate surface area is 182 Å². The molecule has 0 spiro atoms. The number of benzene rings is 2. The largest absolute Gasteiger partial charge is 0.298 e. The maximum absolute atomic E-state index is 13.0. The molecule has 2 bridgehead atoms. The van der Waals surface area contributed by atoms with Crippen molar-refractivity contribution in [2.75, 3.05) is 5.43 Å². The third kappa shape index (κ3) is 3.27. The van der Waals surface area contributed by atoms with Crippen molar-refractivity contribution in [1.29, 1.82) is 0 Å². The highest BCUT2D eigenvalue weighted by molar-refractivity contribution is 6.35. The van der Waals surface area contributed by atoms with Crippen molar-refractivity contribution >= 4 is 46.4 Å². The van der Waals surface area contributed by atoms with Gasteiger partial charge < -0.3 is 0 Å². The van der Waals surface area contributed by atoms with E-state index < -0.39 is 0 Å². The molecule has 2 aromatic carbocycles. The molecule has 0 unspecified atom stereocenters. The highest BCUT2D eigenvalue weighted by atomic mass is 35.5. The summed E-state index contributed by atoms with van der Waals surface area (Å²) >= 11 is 18.4. The van der Waals surface area contributed by atoms with Crippen LogP contribution in [0.3, 0.4) is 0 Å². The SMILES string of the molecule is O=C(NNc1ccc(Cl)cc1)c1nn(-c2ccc(Cl)cc2Cl)c2c1[C@H]1CC[C@H]2C1. The molecule has 3 aromatic rings. The Kier molecular flexibility index (Phi) is 4.69. The molecular weight excluding hydrogens is 431 g/mol. The van der Waals surface area contributed by atoms with Gasteiger partial charge >= 0.3 is 0 Å². The molecule has 29 heavy (non-hydrogen) atoms. The fourth-order valence-electron chi connectivity index (χ4n) is 4.46. The molecule has 1 saturated carbocycles. The van der Waals surface area contributed by atoms with E-state index >= 15 is 0 Å². The minimum Gasteiger partial charge on any atom is -0.298 e. The smallest absolute Gasteiger partial charge is 0.290 e. The number of nitrogens with zero attached hydrogens (tertiary/aromatic N) is 2. The lowest BCUT2D eigenvalue weighted by Gasteiger charge is -2.15. The summed E-state index contributed by atoms with van der Waals surface area (Å²) in [6.07, 6.45) is 3.25. The van der Waals surface area contributed by atoms with Gasteiger partial charge in [-0.1, -0.05) is 34.8 Å². The average molecular weight is 448 g/mol. The normalized spacial score (nSPS) is 19.3. The van der Waals surface area contributed by atoms with Crippen LogP contribution < -0.4 is 10.9 Å². The quantitative estimate of drug-likeness (QED) is 0.486. The van der Waals surface area contributed by atoms with E-state index in [9.17, 15) is 4.79 Å². The summed E-state index contributed by atoms with van der Waals surface area (Å²) in [6.45, 7) is 0. The number of carbonyl (C=O) groups excluding carboxylic acids is 1. The molecule has 2 N–H and O–H groups in total. The zero-order chi connectivity index (χ0) is 20.1. The Morgan fingerprint density at radius 3 is 2.48 bits per heavy atom. The van der Waals surface area contributed by atoms with Crippen LogP contribution in [0.5, 0.6) is 0 Å². The van der Waals surface area contributed by atoms with Crippen molar-refractivity contribution in [3.05, 3.63) is 74.5 Å². The standard InChI is InChI=1S/C21H17Cl3N4O/c22-13-3-6-15(7-4-13)25-26-21(29)19-18-11-1-2-12(9-11)20(18)28(27-19)17-8-5-14(23)10-16(17)24/h3-8,10-12,25H,1-2,9H2,(H,26,29)/t11-,12-/m0/s1. The number of carbonyl (C=O) groups is 1. The van der Waals surface area contributed by atoms with Crippen LogP contribution in [0.2, 0.25) is 15.1 Å². The van der Waals surface area contributed by atoms with Gasteiger partial charge in [-0.25, -0.2) is 4.68 Å². The van der Waals surface area contributed by atoms with Gasteiger partial charge in [0.2, 0.25) is 0 Å². The summed E-state index contributed by atoms with van der Waals surface area (Å²) in [5.41, 5.74) is 9.74. The predicted molar refractivity (Wildman–Crippen MR) is 115 cm³/mol. The van der Waals surface area contributed by atoms with Gasteiger partial charge in [-0.3, -0.25) is 15.6 Å². The molecule has 2 aliphatic rings. The molecule has 5 nitrogen and oxygen atoms in total. The molecule has 148 valence electrons. The van der Waals surface area contributed by atoms with Crippen molar-refractivity contribution in [3.63, 3.8) is 0 Å². The third-order valence-corrected chi connectivity index (χ3v) is 6.49. The molecule has 1 fully saturated rings. The zero-order valence-corrected chi connectivity index (χ0v) is 17.5. The molecule has 1 aromatic heterocycles. The van der Waals surface area contributed by atoms with Gasteiger partial charge in [0.1, 0.15) is 0 Å². The molecule has 2 aliphatic carbocycles. The number of hydrazine groups is 1. The minimum atomic E-state index is -0.271. The summed E-state index contributed by atoms with van der Waals surface area (Å²) in [5.74, 6) is 0.499. The van der Waals surface area contributed by atoms with Crippen LogP contribution in [-0.2, 0) is 0 Å². The zero-order valence-electron chi connectivity index (χ0n) is 15.3. The molecule has 0 saturated heterocycles. The summed E-state index contributed by atoms with van der Waals surface area (Å²) in [4.78, 5) is 13.0. The number of hydrogen-bond donors (Lipinski definition) is 2. The minimum absolute atomic E-state index is 0.271. The number of anilines is 1. The van der Waals surface area contributed by atoms with E-state index in [1.807, 2.05) is 10.7 Å². The van der Waals surface area contributed by atoms with Gasteiger partial charge in [0, 0.05) is 21.5 Å². The van der Waals surface area contributed by atoms with Gasteiger partial charge in [-0.2, -0.15) is 5.10 Å². The summed E-state index contributed by atoms with van der Waals surface area (Å²) in [7, 11) is 0. The van der Waals surface area contributed by atoms with E-state index in [1.165, 1.54) is 0 Å². The van der Waals surface area contributed by atoms with E-state index in [1.54, 1.807) is 36.4 Å². The van der Waals surface area contributed by atoms with E-state index in [2.05, 4.69) is 16.0 Å². The Hall–Kier alpha value is -2.21. The fourth-order valence-corrected chi connectivity index (χ4v) is 5.07. The second kappa shape index (κ2) is 7.24. The van der Waals surface area contributed by atoms with Crippen molar-refractivity contribution < 1.29 is 4.79 Å². The molecule has 2 atom stereocenters. The van der Waals surface area contributed by atoms with E-state index in [-0.39, 0.29) is 5.91 Å². The maximum atomic E-state index is 13.0. The Morgan fingerprint density at radius 2 is 1.72 bits per heavy atom. The number of hydrogen-bond acceptors (Lipinski definition) is 3. The van der Waals surface area contributed by atoms with Crippen LogP contribution in [0.1, 0.15) is 52.8 Å². The number of halogens is 3. The van der Waals surface area contributed by atoms with Crippen LogP contribution in [0.25, 0.3) is 5.69 Å². The highest BCUT2D eigenvalue weighted by Crippen LogP contribution is 2.54. The van der Waals surface area contributed by atoms with Crippen LogP contribution in [0, 0.1) is 0 Å². The van der Waals surface area contributed by atoms with Crippen molar-refractivity contribution in [2.45, 2.75) is 31.1 Å². The first-order chi connectivity index (χ1) is 14.0. The lowest BCUT2D eigenvalue weighted by Crippen LogP contribution is -2.30. The van der Waals surface area contributed by atoms with Crippen LogP contribution in [0.15, 0.2) is 42.5 Å². The van der Waals surface area contributed by atoms with Gasteiger partial charge in [-0.05, 0) is 67.6 Å². The predicted octanol–water partition coefficient (Wildman–Crippen LogP) is 5.95. The highest BCUT2D eigenvalue weighted by Gasteiger charge is 2.44. The van der Waals surface area contributed by atoms with E-state index in [0.29, 0.717) is 32.6 Å². The van der Waals surface area contributed by atoms with Gasteiger partial charge in [-0.15, -0.1) is 0 Å². The Bertz CT molecular complexity index is 1110. The van der Waals surface area contributed by atoms with Gasteiger partial charge in [0.25, 0.3) is 5.91 Å². The number of aromatic nitrogens is 2. The lowest BCUT2D eigenvalue weighted by molar-refractivity contribution is 0.0956. The van der Waals surface area contributed by atoms with E-state index in [0.717, 1.165) is 41.9 Å². The third-order valence-electron chi connectivity index (χ3n) is 5.70. The fraction of sp³-hybridized carbons (Fsp3) is 0.238. The van der Waals surface area contributed by atoms with Crippen LogP contribution in [-0.4, -0.2) is 15.7 Å². The van der Waals surface area contributed by atoms with E-state index in [4.69, 9.17) is 34.8 Å². The first kappa shape index (κ1) is 18.8. The van der Waals surface area contributed by atoms with Crippen molar-refractivity contribution in [1.82, 2.24) is 15.2 Å². The van der Waals surface area contributed by atoms with Crippen molar-refractivity contribution in [2.24, 2.45) is 0 Å². The molecule has 0 radical (unpaired) electrons. The summed E-state index contributed by atoms with van der Waals surface area (Å²) in [5, 5.41) is 6.38. The molecular formula is C21H17Cl3N4O. The first-order valence-electron chi connectivity index (χ1n) is 9.41. The Morgan fingerprint density at radius 1 is 1.00 bits per heavy atom. The lowest BCUT2D eigenvalue weighted by atomic mass is 9.95. The number of fused-ring (bicyclic) bond motifs is 5. The number of nitrogens with one attached hydrogen (secondary N) is 2. The van der Waals surface area contributed by atoms with Crippen LogP contribution >= 0.6 is 34.8 Å². The Balaban J connectivity index is 1.50. The second-order valence-corrected chi connectivity index (χ2v) is 8.73. The van der Waals surface area contributed by atoms with Gasteiger partial charge in [0.15, 0.2) is 5.69 Å². The van der Waals surface area contributed by atoms with Crippen molar-refractivity contribution in [3.8, 4) is 5.69 Å².